The first kappa shape index (κ1) is 88.7. The Morgan fingerprint density at radius 2 is 0.702 bits per heavy atom. The molecule has 9 aromatic rings. The molecule has 3 amide bonds. The summed E-state index contributed by atoms with van der Waals surface area (Å²) in [5, 5.41) is 23.1. The fourth-order valence-corrected chi connectivity index (χ4v) is 18.5. The molecule has 8 fully saturated rings. The Balaban J connectivity index is 0.000000144. The van der Waals surface area contributed by atoms with Gasteiger partial charge in [0.15, 0.2) is 17.5 Å². The number of nitrogens with zero attached hydrogens (tertiary/aromatic N) is 12. The summed E-state index contributed by atoms with van der Waals surface area (Å²) in [5.74, 6) is 4.99. The van der Waals surface area contributed by atoms with Crippen LogP contribution in [0.3, 0.4) is 0 Å². The van der Waals surface area contributed by atoms with Gasteiger partial charge in [-0.25, -0.2) is 44.9 Å². The molecule has 0 unspecified atom stereocenters. The van der Waals surface area contributed by atoms with Crippen LogP contribution in [0.25, 0.3) is 66.5 Å². The lowest BCUT2D eigenvalue weighted by molar-refractivity contribution is -0.127. The molecule has 8 aliphatic rings. The molecule has 124 heavy (non-hydrogen) atoms. The maximum atomic E-state index is 12.0. The predicted octanol–water partition coefficient (Wildman–Crippen LogP) is 12.0. The number of ether oxygens (including phenoxy) is 12. The minimum absolute atomic E-state index is 0.114. The second-order valence-electron chi connectivity index (χ2n) is 31.6. The van der Waals surface area contributed by atoms with E-state index in [2.05, 4.69) is 81.3 Å². The molecule has 656 valence electrons. The molecule has 8 aliphatic heterocycles. The molecule has 6 aromatic heterocycles. The summed E-state index contributed by atoms with van der Waals surface area (Å²) in [6.45, 7) is 22.9. The van der Waals surface area contributed by atoms with E-state index in [9.17, 15) is 14.4 Å². The Labute approximate surface area is 745 Å². The van der Waals surface area contributed by atoms with Gasteiger partial charge in [0.1, 0.15) is 51.0 Å². The van der Waals surface area contributed by atoms with Crippen molar-refractivity contribution in [3.05, 3.63) is 123 Å². The van der Waals surface area contributed by atoms with Crippen LogP contribution in [-0.4, -0.2) is 260 Å². The first-order chi connectivity index (χ1) is 59.9. The average molecular weight is 1820 g/mol. The van der Waals surface area contributed by atoms with Gasteiger partial charge >= 0.3 is 0 Å². The van der Waals surface area contributed by atoms with Crippen molar-refractivity contribution in [2.75, 3.05) is 186 Å². The van der Waals surface area contributed by atoms with E-state index >= 15 is 0 Å². The number of hydrogen-bond donors (Lipinski definition) is 6. The normalized spacial score (nSPS) is 20.7. The van der Waals surface area contributed by atoms with Crippen molar-refractivity contribution in [2.45, 2.75) is 74.5 Å². The van der Waals surface area contributed by atoms with Gasteiger partial charge < -0.3 is 103 Å². The molecule has 14 heterocycles. The van der Waals surface area contributed by atoms with Crippen LogP contribution in [0.5, 0.6) is 34.5 Å². The van der Waals surface area contributed by atoms with E-state index in [0.717, 1.165) is 75.2 Å². The van der Waals surface area contributed by atoms with Crippen LogP contribution in [-0.2, 0) is 42.8 Å². The van der Waals surface area contributed by atoms with Crippen molar-refractivity contribution in [1.29, 1.82) is 0 Å². The molecule has 17 rings (SSSR count). The number of carbonyl (C=O) groups excluding carboxylic acids is 3. The largest absolute Gasteiger partial charge is 0.495 e. The third kappa shape index (κ3) is 18.3. The zero-order valence-electron chi connectivity index (χ0n) is 69.4. The molecule has 39 heteroatoms. The Morgan fingerprint density at radius 1 is 0.403 bits per heavy atom. The topological polar surface area (TPSA) is 360 Å². The molecule has 3 aromatic carbocycles. The van der Waals surface area contributed by atoms with Gasteiger partial charge in [-0.1, -0.05) is 89.3 Å². The third-order valence-electron chi connectivity index (χ3n) is 23.2. The molecule has 0 aliphatic carbocycles. The highest BCUT2D eigenvalue weighted by Crippen LogP contribution is 2.52. The van der Waals surface area contributed by atoms with Gasteiger partial charge in [-0.2, -0.15) is 0 Å². The van der Waals surface area contributed by atoms with Gasteiger partial charge in [-0.3, -0.25) is 14.4 Å². The standard InChI is InChI=1S/C29H32Cl2N6O5.C28H30Cl2N6O5.C28H32Cl2N6O5/c1-4-22(38)33-17-5-7-41-12-19(17)35-28-32-11-16-9-18(23-24(30)20(39-2)10-21(40-3)25(23)31)34-27(26(16)36-28)37-13-29(14-37)6-8-42-15-29;1-4-21(37)32-16-5-6-40-10-18(16)34-27-31-9-15-7-17(22-23(29)19(38-2)8-20(39-3)24(22)30)33-26(25(15)35-27)36-11-28(12-36)13-41-14-28;1-6-21(37)32-16-7-8-41-12-18(16)34-27-31-11-15-9-17(22-23(29)19(38-3)10-20(39-4)24(22)30)33-26(25(15)35-27)36-13-28(2,14-36)40-5/h4,9-11,17,19H,1,5-8,12-15H2,2-3H3,(H,33,38)(H,32,35,36);4,7-9,16,18H,1,5-6,10-14H2,2-3H3,(H,32,37)(H,31,34,35);6,9-11,16,18H,1,7-8,12-14H2,2-5H3,(H,32,37)(H,31,34,35)/t17-,19+;2*16-,18+/m000/s1. The maximum absolute atomic E-state index is 12.0. The van der Waals surface area contributed by atoms with E-state index in [1.807, 2.05) is 25.1 Å². The average Bonchev–Trinajstić information content (AvgIpc) is 0.785. The first-order valence-corrected chi connectivity index (χ1v) is 42.3. The van der Waals surface area contributed by atoms with E-state index in [-0.39, 0.29) is 70.4 Å². The number of anilines is 6. The minimum Gasteiger partial charge on any atom is -0.495 e. The summed E-state index contributed by atoms with van der Waals surface area (Å²) >= 11 is 40.5. The summed E-state index contributed by atoms with van der Waals surface area (Å²) in [6.07, 6.45) is 12.0. The zero-order valence-corrected chi connectivity index (χ0v) is 73.9. The quantitative estimate of drug-likeness (QED) is 0.0289. The van der Waals surface area contributed by atoms with Crippen LogP contribution in [0, 0.1) is 10.8 Å². The van der Waals surface area contributed by atoms with Crippen molar-refractivity contribution >= 4 is 155 Å². The second kappa shape index (κ2) is 38.0. The van der Waals surface area contributed by atoms with Crippen LogP contribution in [0.1, 0.15) is 32.6 Å². The van der Waals surface area contributed by atoms with Crippen molar-refractivity contribution in [3.63, 3.8) is 0 Å². The Hall–Kier alpha value is -10.1. The summed E-state index contributed by atoms with van der Waals surface area (Å²) in [7, 11) is 10.9. The maximum Gasteiger partial charge on any atom is 0.243 e. The molecular formula is C85H94Cl6N18O15. The van der Waals surface area contributed by atoms with Gasteiger partial charge in [0.25, 0.3) is 0 Å². The number of benzene rings is 3. The van der Waals surface area contributed by atoms with Crippen LogP contribution in [0.4, 0.5) is 35.3 Å². The predicted molar refractivity (Wildman–Crippen MR) is 476 cm³/mol. The monoisotopic (exact) mass is 1820 g/mol. The molecule has 0 saturated carbocycles. The van der Waals surface area contributed by atoms with Gasteiger partial charge in [0.2, 0.25) is 35.6 Å². The number of pyridine rings is 3. The Kier molecular flexibility index (Phi) is 27.2. The number of methoxy groups -OCH3 is 7. The van der Waals surface area contributed by atoms with Crippen LogP contribution in [0.15, 0.2) is 93.0 Å². The number of amides is 3. The Morgan fingerprint density at radius 3 is 0.968 bits per heavy atom. The summed E-state index contributed by atoms with van der Waals surface area (Å²) < 4.78 is 66.8. The van der Waals surface area contributed by atoms with E-state index in [1.54, 1.807) is 43.9 Å². The molecular weight excluding hydrogens is 1730 g/mol. The number of nitrogens with one attached hydrogen (secondary N) is 6. The number of halogens is 6. The van der Waals surface area contributed by atoms with Crippen molar-refractivity contribution in [2.24, 2.45) is 10.8 Å². The number of aromatic nitrogens is 9. The first-order valence-electron chi connectivity index (χ1n) is 40.0. The fourth-order valence-electron chi connectivity index (χ4n) is 16.4. The van der Waals surface area contributed by atoms with Crippen molar-refractivity contribution in [3.8, 4) is 68.3 Å². The van der Waals surface area contributed by atoms with E-state index < -0.39 is 0 Å². The lowest BCUT2D eigenvalue weighted by Gasteiger charge is -2.55. The van der Waals surface area contributed by atoms with E-state index in [4.69, 9.17) is 156 Å². The number of hydrogen-bond acceptors (Lipinski definition) is 30. The number of rotatable bonds is 25. The molecule has 0 radical (unpaired) electrons. The minimum atomic E-state index is -0.317. The lowest BCUT2D eigenvalue weighted by Crippen LogP contribution is -2.66. The molecule has 6 atom stereocenters. The highest BCUT2D eigenvalue weighted by Gasteiger charge is 2.51. The van der Waals surface area contributed by atoms with Gasteiger partial charge in [-0.05, 0) is 69.0 Å². The second-order valence-corrected chi connectivity index (χ2v) is 33.8. The summed E-state index contributed by atoms with van der Waals surface area (Å²) in [4.78, 5) is 86.0. The highest BCUT2D eigenvalue weighted by molar-refractivity contribution is 6.42. The smallest absolute Gasteiger partial charge is 0.243 e. The molecule has 2 spiro atoms. The zero-order chi connectivity index (χ0) is 87.5. The van der Waals surface area contributed by atoms with Crippen LogP contribution < -0.4 is 75.0 Å². The van der Waals surface area contributed by atoms with Crippen LogP contribution >= 0.6 is 69.6 Å². The number of carbonyl (C=O) groups is 3. The van der Waals surface area contributed by atoms with Crippen LogP contribution in [0.2, 0.25) is 30.1 Å². The van der Waals surface area contributed by atoms with Crippen molar-refractivity contribution in [1.82, 2.24) is 60.8 Å². The van der Waals surface area contributed by atoms with E-state index in [1.165, 1.54) is 60.9 Å². The molecule has 33 nitrogen and oxygen atoms in total. The summed E-state index contributed by atoms with van der Waals surface area (Å²) in [5.41, 5.74) is 5.00. The lowest BCUT2D eigenvalue weighted by atomic mass is 9.78. The third-order valence-corrected chi connectivity index (χ3v) is 25.5. The SMILES string of the molecule is C=CC(=O)N[C@H]1CCOC[C@H]1Nc1ncc2cc(-c3c(Cl)c(OC)cc(OC)c3Cl)nc(N3CC(C)(OC)C3)c2n1.C=CC(=O)N[C@H]1CCOC[C@H]1Nc1ncc2cc(-c3c(Cl)c(OC)cc(OC)c3Cl)nc(N3CC4(CCOC4)C3)c2n1.C=CC(=O)N[C@H]1CCOC[C@H]1Nc1ncc2cc(-c3c(Cl)c(OC)cc(OC)c3Cl)nc(N3CC4(COC4)C3)c2n1. The van der Waals surface area contributed by atoms with Gasteiger partial charge in [-0.15, -0.1) is 0 Å². The molecule has 6 N–H and O–H groups in total. The van der Waals surface area contributed by atoms with Gasteiger partial charge in [0.05, 0.1) is 190 Å². The number of fused-ring (bicyclic) bond motifs is 3. The summed E-state index contributed by atoms with van der Waals surface area (Å²) in [6, 6.07) is 9.32. The highest BCUT2D eigenvalue weighted by atomic mass is 35.5. The molecule has 0 bridgehead atoms. The molecule has 8 saturated heterocycles. The van der Waals surface area contributed by atoms with Crippen molar-refractivity contribution < 1.29 is 71.2 Å². The fraction of sp³-hybridized carbons (Fsp3) is 0.435. The van der Waals surface area contributed by atoms with Gasteiger partial charge in [0, 0.05) is 135 Å². The Bertz CT molecular complexity index is 5280. The van der Waals surface area contributed by atoms with E-state index in [0.29, 0.717) is 222 Å².